The molecule has 716 valence electrons. The number of fused-ring (bicyclic) bond motifs is 12. The zero-order valence-corrected chi connectivity index (χ0v) is 83.7. The Labute approximate surface area is 870 Å². The van der Waals surface area contributed by atoms with Gasteiger partial charge < -0.3 is 19.1 Å². The molecular formula is C144H119N3O. The van der Waals surface area contributed by atoms with Gasteiger partial charge in [-0.1, -0.05) is 364 Å². The molecule has 0 radical (unpaired) electrons. The minimum absolute atomic E-state index is 0.128. The van der Waals surface area contributed by atoms with E-state index in [-0.39, 0.29) is 16.2 Å². The highest BCUT2D eigenvalue weighted by Crippen LogP contribution is 2.75. The first-order chi connectivity index (χ1) is 73.3. The van der Waals surface area contributed by atoms with E-state index in [2.05, 4.69) is 482 Å². The molecule has 1 aromatic heterocycles. The first kappa shape index (κ1) is 87.7. The molecule has 12 fully saturated rings. The smallest absolute Gasteiger partial charge is 0.135 e. The molecule has 12 saturated carbocycles. The molecule has 19 aromatic carbocycles. The summed E-state index contributed by atoms with van der Waals surface area (Å²) in [5, 5.41) is 2.31. The Bertz CT molecular complexity index is 8370. The third kappa shape index (κ3) is 14.0. The summed E-state index contributed by atoms with van der Waals surface area (Å²) in [6.07, 6.45) is 21.1. The van der Waals surface area contributed by atoms with Crippen LogP contribution in [0.5, 0.6) is 0 Å². The molecule has 0 N–H and O–H groups in total. The highest BCUT2D eigenvalue weighted by atomic mass is 16.3. The van der Waals surface area contributed by atoms with Crippen LogP contribution in [-0.4, -0.2) is 0 Å². The number of hydrogen-bond acceptors (Lipinski definition) is 4. The summed E-state index contributed by atoms with van der Waals surface area (Å²) < 4.78 is 6.29. The molecule has 4 nitrogen and oxygen atoms in total. The van der Waals surface area contributed by atoms with Gasteiger partial charge in [0.1, 0.15) is 11.2 Å². The third-order valence-corrected chi connectivity index (χ3v) is 38.4. The Morgan fingerprint density at radius 3 is 0.716 bits per heavy atom. The van der Waals surface area contributed by atoms with E-state index in [9.17, 15) is 0 Å². The molecule has 15 aliphatic carbocycles. The summed E-state index contributed by atoms with van der Waals surface area (Å²) in [6, 6.07) is 174. The fourth-order valence-electron chi connectivity index (χ4n) is 33.3. The molecule has 15 aliphatic rings. The molecule has 12 bridgehead atoms. The second kappa shape index (κ2) is 35.3. The van der Waals surface area contributed by atoms with E-state index in [4.69, 9.17) is 4.42 Å². The normalized spacial score (nSPS) is 24.2. The maximum absolute atomic E-state index is 6.29. The topological polar surface area (TPSA) is 22.9 Å². The Kier molecular flexibility index (Phi) is 21.0. The lowest BCUT2D eigenvalue weighted by atomic mass is 9.43. The van der Waals surface area contributed by atoms with Crippen LogP contribution in [0.2, 0.25) is 0 Å². The average molecular weight is 1910 g/mol. The monoisotopic (exact) mass is 1910 g/mol. The molecule has 35 rings (SSSR count). The molecule has 20 aromatic rings. The zero-order chi connectivity index (χ0) is 97.3. The third-order valence-electron chi connectivity index (χ3n) is 38.4. The van der Waals surface area contributed by atoms with Gasteiger partial charge in [-0.25, -0.2) is 0 Å². The summed E-state index contributed by atoms with van der Waals surface area (Å²) in [7, 11) is 0. The van der Waals surface area contributed by atoms with Gasteiger partial charge >= 0.3 is 0 Å². The van der Waals surface area contributed by atoms with Gasteiger partial charge in [-0.15, -0.1) is 0 Å². The molecule has 3 spiro atoms. The Morgan fingerprint density at radius 2 is 0.392 bits per heavy atom. The van der Waals surface area contributed by atoms with Gasteiger partial charge in [-0.2, -0.15) is 0 Å². The highest BCUT2D eigenvalue weighted by Gasteiger charge is 2.66. The van der Waals surface area contributed by atoms with Crippen LogP contribution in [0.1, 0.15) is 130 Å². The maximum atomic E-state index is 6.29. The van der Waals surface area contributed by atoms with Crippen LogP contribution in [0.25, 0.3) is 122 Å². The Balaban J connectivity index is 0.000000103. The minimum atomic E-state index is 0.128. The SMILES string of the molecule is c1ccc(-c2ccc(-c3ccc(N(c4ccc(-c5ccccc5)cc4)c4cccc5c4-c4ccccc4C54C5CC6CC(C5)CC4C6)cc3)cc2)cc1.c1ccc(-c2ccc(N(c3ccc4oc5ccccc5c4c3)c3cccc4c3-c3ccccc3C43C4CC5CC(C4)CC3C5)cc2)cc1.c1ccc(-c2ccc(N(c3cccc(-c4ccccc4)c3)c3cccc4c3-c3ccccc3C43C4CC5CC(C4)CC3C5)cc2)cc1. The fourth-order valence-corrected chi connectivity index (χ4v) is 33.3. The van der Waals surface area contributed by atoms with Crippen LogP contribution in [0.15, 0.2) is 472 Å². The average Bonchev–Trinajstić information content (AvgIpc) is 1.51. The quantitative estimate of drug-likeness (QED) is 0.102. The van der Waals surface area contributed by atoms with Gasteiger partial charge in [-0.05, 0) is 387 Å². The second-order valence-corrected chi connectivity index (χ2v) is 45.7. The van der Waals surface area contributed by atoms with Gasteiger partial charge in [0.25, 0.3) is 0 Å². The van der Waals surface area contributed by atoms with E-state index in [1.807, 2.05) is 0 Å². The standard InChI is InChI=1S/C52H43N.C46H37NO.C46H39N/c1-3-10-37(11-4-1)39-18-20-40(21-19-39)42-24-28-46(29-25-42)53(45-26-22-41(23-27-45)38-12-5-2-6-13-38)50-17-9-16-49-51(50)47-14-7-8-15-48(47)52(49)43-31-35-30-36(33-43)34-44(52)32-35;1-2-9-31(10-3-1)32-17-19-35(20-18-32)47(36-21-22-44-39(28-36)37-11-5-7-16-43(37)48-44)42-15-8-14-41-45(42)38-12-4-6-13-40(38)46(41)33-24-29-23-30(26-33)27-34(46)25-29;1-3-11-33(12-4-1)35-21-23-39(24-22-35)47(40-16-9-15-36(30-40)34-13-5-2-6-14-34)44-20-10-19-43-45(44)41-17-7-8-18-42(41)46(43)37-26-31-25-32(28-37)29-38(46)27-31/h1-29,35-36,43-44H,30-34H2;1-22,28-30,33-34H,23-27H2;1-24,30-32,37-38H,25-29H2. The van der Waals surface area contributed by atoms with Crippen molar-refractivity contribution in [3.8, 4) is 100 Å². The van der Waals surface area contributed by atoms with Crippen molar-refractivity contribution in [2.45, 2.75) is 113 Å². The first-order valence-corrected chi connectivity index (χ1v) is 55.2. The number of furan rings is 1. The molecule has 0 aliphatic heterocycles. The second-order valence-electron chi connectivity index (χ2n) is 45.7. The number of nitrogens with zero attached hydrogens (tertiary/aromatic N) is 3. The summed E-state index contributed by atoms with van der Waals surface area (Å²) in [5.41, 5.74) is 46.3. The van der Waals surface area contributed by atoms with Gasteiger partial charge in [0.15, 0.2) is 0 Å². The van der Waals surface area contributed by atoms with E-state index in [1.54, 1.807) is 33.4 Å². The van der Waals surface area contributed by atoms with Crippen molar-refractivity contribution in [3.63, 3.8) is 0 Å². The van der Waals surface area contributed by atoms with Gasteiger partial charge in [0, 0.05) is 77.8 Å². The summed E-state index contributed by atoms with van der Waals surface area (Å²) in [4.78, 5) is 7.58. The van der Waals surface area contributed by atoms with E-state index in [1.165, 1.54) is 242 Å². The predicted molar refractivity (Wildman–Crippen MR) is 613 cm³/mol. The lowest BCUT2D eigenvalue weighted by Crippen LogP contribution is -2.55. The molecule has 0 atom stereocenters. The number of rotatable bonds is 15. The number of para-hydroxylation sites is 1. The Morgan fingerprint density at radius 1 is 0.162 bits per heavy atom. The first-order valence-electron chi connectivity index (χ1n) is 55.2. The van der Waals surface area contributed by atoms with Crippen molar-refractivity contribution in [1.82, 2.24) is 0 Å². The molecular weight excluding hydrogens is 1790 g/mol. The molecule has 0 unspecified atom stereocenters. The van der Waals surface area contributed by atoms with Crippen molar-refractivity contribution in [2.24, 2.45) is 71.0 Å². The molecule has 1 heterocycles. The van der Waals surface area contributed by atoms with Gasteiger partial charge in [0.05, 0.1) is 17.1 Å². The highest BCUT2D eigenvalue weighted by molar-refractivity contribution is 6.08. The van der Waals surface area contributed by atoms with Crippen molar-refractivity contribution >= 4 is 73.1 Å². The van der Waals surface area contributed by atoms with Crippen LogP contribution in [0.3, 0.4) is 0 Å². The largest absolute Gasteiger partial charge is 0.456 e. The maximum Gasteiger partial charge on any atom is 0.135 e. The van der Waals surface area contributed by atoms with Crippen molar-refractivity contribution in [2.75, 3.05) is 14.7 Å². The molecule has 4 heteroatoms. The van der Waals surface area contributed by atoms with Crippen LogP contribution in [0, 0.1) is 71.0 Å². The number of anilines is 9. The van der Waals surface area contributed by atoms with Crippen LogP contribution in [0.4, 0.5) is 51.2 Å². The van der Waals surface area contributed by atoms with E-state index >= 15 is 0 Å². The van der Waals surface area contributed by atoms with Crippen LogP contribution in [-0.2, 0) is 16.2 Å². The van der Waals surface area contributed by atoms with Crippen LogP contribution < -0.4 is 14.7 Å². The number of benzene rings is 19. The lowest BCUT2D eigenvalue weighted by molar-refractivity contribution is -0.0399. The lowest BCUT2D eigenvalue weighted by Gasteiger charge is -2.61. The van der Waals surface area contributed by atoms with Crippen molar-refractivity contribution < 1.29 is 4.42 Å². The van der Waals surface area contributed by atoms with E-state index in [0.717, 1.165) is 98.6 Å². The van der Waals surface area contributed by atoms with Gasteiger partial charge in [0.2, 0.25) is 0 Å². The zero-order valence-electron chi connectivity index (χ0n) is 83.7. The van der Waals surface area contributed by atoms with Crippen LogP contribution >= 0.6 is 0 Å². The Hall–Kier alpha value is -15.6. The minimum Gasteiger partial charge on any atom is -0.456 e. The van der Waals surface area contributed by atoms with Gasteiger partial charge in [-0.3, -0.25) is 0 Å². The molecule has 0 saturated heterocycles. The predicted octanol–water partition coefficient (Wildman–Crippen LogP) is 38.5. The number of hydrogen-bond donors (Lipinski definition) is 0. The van der Waals surface area contributed by atoms with Crippen molar-refractivity contribution in [1.29, 1.82) is 0 Å². The van der Waals surface area contributed by atoms with E-state index < -0.39 is 0 Å². The van der Waals surface area contributed by atoms with E-state index in [0.29, 0.717) is 0 Å². The van der Waals surface area contributed by atoms with Crippen molar-refractivity contribution in [3.05, 3.63) is 500 Å². The molecule has 148 heavy (non-hydrogen) atoms. The molecule has 0 amide bonds. The fraction of sp³-hybridized carbons (Fsp3) is 0.208. The summed E-state index contributed by atoms with van der Waals surface area (Å²) in [6.45, 7) is 0. The summed E-state index contributed by atoms with van der Waals surface area (Å²) in [5.74, 6) is 10.0. The summed E-state index contributed by atoms with van der Waals surface area (Å²) >= 11 is 0.